The molecule has 122 valence electrons. The summed E-state index contributed by atoms with van der Waals surface area (Å²) < 4.78 is 39.0. The molecule has 0 saturated heterocycles. The number of nitrogens with zero attached hydrogens (tertiary/aromatic N) is 4. The van der Waals surface area contributed by atoms with E-state index in [1.54, 1.807) is 0 Å². The van der Waals surface area contributed by atoms with Gasteiger partial charge in [0.1, 0.15) is 6.33 Å². The molecule has 0 unspecified atom stereocenters. The Labute approximate surface area is 128 Å². The minimum absolute atomic E-state index is 0.0167. The van der Waals surface area contributed by atoms with Crippen molar-refractivity contribution in [3.63, 3.8) is 0 Å². The number of nitrogens with one attached hydrogen (secondary N) is 1. The Bertz CT molecular complexity index is 734. The highest BCUT2D eigenvalue weighted by Crippen LogP contribution is 2.38. The van der Waals surface area contributed by atoms with Crippen molar-refractivity contribution in [1.29, 1.82) is 0 Å². The van der Waals surface area contributed by atoms with Crippen molar-refractivity contribution in [2.24, 2.45) is 0 Å². The topological polar surface area (TPSA) is 84.2 Å². The monoisotopic (exact) mass is 327 g/mol. The molecule has 0 aliphatic heterocycles. The molecule has 1 aromatic carbocycles. The zero-order chi connectivity index (χ0) is 17.2. The molecule has 0 saturated carbocycles. The van der Waals surface area contributed by atoms with E-state index in [2.05, 4.69) is 15.3 Å². The third kappa shape index (κ3) is 3.47. The van der Waals surface area contributed by atoms with Crippen molar-refractivity contribution in [2.45, 2.75) is 6.18 Å². The third-order valence-corrected chi connectivity index (χ3v) is 2.89. The molecular formula is C13H12F3N5O2. The molecule has 0 atom stereocenters. The van der Waals surface area contributed by atoms with Gasteiger partial charge < -0.3 is 10.2 Å². The van der Waals surface area contributed by atoms with E-state index < -0.39 is 22.4 Å². The number of aromatic nitrogens is 2. The average Bonchev–Trinajstić information content (AvgIpc) is 2.46. The molecule has 1 heterocycles. The van der Waals surface area contributed by atoms with Gasteiger partial charge in [0.2, 0.25) is 11.6 Å². The predicted molar refractivity (Wildman–Crippen MR) is 77.7 cm³/mol. The standard InChI is InChI=1S/C13H12F3N5O2/c1-20(2)12-10(21(22)23)11(17-7-18-12)19-9-6-4-3-5-8(9)13(14,15)16/h3-7H,1-2H3,(H,17,18,19). The zero-order valence-corrected chi connectivity index (χ0v) is 12.1. The maximum atomic E-state index is 13.0. The van der Waals surface area contributed by atoms with Crippen molar-refractivity contribution < 1.29 is 18.1 Å². The van der Waals surface area contributed by atoms with E-state index >= 15 is 0 Å². The molecule has 2 rings (SSSR count). The Kier molecular flexibility index (Phi) is 4.34. The molecule has 0 bridgehead atoms. The van der Waals surface area contributed by atoms with E-state index in [-0.39, 0.29) is 17.3 Å². The summed E-state index contributed by atoms with van der Waals surface area (Å²) in [6.07, 6.45) is -3.56. The van der Waals surface area contributed by atoms with E-state index in [9.17, 15) is 23.3 Å². The average molecular weight is 327 g/mol. The van der Waals surface area contributed by atoms with Gasteiger partial charge in [-0.05, 0) is 12.1 Å². The van der Waals surface area contributed by atoms with Gasteiger partial charge in [0, 0.05) is 14.1 Å². The van der Waals surface area contributed by atoms with Crippen LogP contribution >= 0.6 is 0 Å². The second-order valence-electron chi connectivity index (χ2n) is 4.71. The van der Waals surface area contributed by atoms with Crippen LogP contribution in [0.1, 0.15) is 5.56 Å². The van der Waals surface area contributed by atoms with Gasteiger partial charge in [-0.3, -0.25) is 10.1 Å². The number of anilines is 3. The van der Waals surface area contributed by atoms with E-state index in [4.69, 9.17) is 0 Å². The van der Waals surface area contributed by atoms with Crippen molar-refractivity contribution in [1.82, 2.24) is 9.97 Å². The first-order valence-electron chi connectivity index (χ1n) is 6.31. The van der Waals surface area contributed by atoms with Gasteiger partial charge >= 0.3 is 11.9 Å². The highest BCUT2D eigenvalue weighted by atomic mass is 19.4. The predicted octanol–water partition coefficient (Wildman–Crippen LogP) is 3.21. The lowest BCUT2D eigenvalue weighted by atomic mass is 10.1. The Hall–Kier alpha value is -2.91. The second kappa shape index (κ2) is 6.07. The molecule has 10 heteroatoms. The number of hydrogen-bond acceptors (Lipinski definition) is 6. The van der Waals surface area contributed by atoms with Gasteiger partial charge in [-0.25, -0.2) is 9.97 Å². The van der Waals surface area contributed by atoms with E-state index in [0.717, 1.165) is 12.4 Å². The van der Waals surface area contributed by atoms with E-state index in [1.165, 1.54) is 37.2 Å². The van der Waals surface area contributed by atoms with Crippen LogP contribution in [0.15, 0.2) is 30.6 Å². The number of nitro groups is 1. The summed E-state index contributed by atoms with van der Waals surface area (Å²) in [6, 6.07) is 4.66. The highest BCUT2D eigenvalue weighted by molar-refractivity contribution is 5.75. The van der Waals surface area contributed by atoms with Crippen molar-refractivity contribution >= 4 is 23.0 Å². The first kappa shape index (κ1) is 16.5. The molecule has 0 spiro atoms. The third-order valence-electron chi connectivity index (χ3n) is 2.89. The molecule has 0 amide bonds. The van der Waals surface area contributed by atoms with Crippen LogP contribution in [0.3, 0.4) is 0 Å². The van der Waals surface area contributed by atoms with Gasteiger partial charge in [0.05, 0.1) is 16.2 Å². The van der Waals surface area contributed by atoms with Gasteiger partial charge in [-0.1, -0.05) is 12.1 Å². The maximum absolute atomic E-state index is 13.0. The lowest BCUT2D eigenvalue weighted by Gasteiger charge is -2.16. The number of benzene rings is 1. The quantitative estimate of drug-likeness (QED) is 0.686. The van der Waals surface area contributed by atoms with Crippen molar-refractivity contribution in [3.05, 3.63) is 46.3 Å². The lowest BCUT2D eigenvalue weighted by molar-refractivity contribution is -0.383. The molecule has 0 aliphatic carbocycles. The minimum atomic E-state index is -4.60. The molecule has 7 nitrogen and oxygen atoms in total. The number of para-hydroxylation sites is 1. The van der Waals surface area contributed by atoms with Crippen LogP contribution in [0.25, 0.3) is 0 Å². The van der Waals surface area contributed by atoms with Crippen LogP contribution in [0.4, 0.5) is 36.2 Å². The molecule has 23 heavy (non-hydrogen) atoms. The fourth-order valence-electron chi connectivity index (χ4n) is 1.92. The number of alkyl halides is 3. The normalized spacial score (nSPS) is 11.2. The largest absolute Gasteiger partial charge is 0.418 e. The zero-order valence-electron chi connectivity index (χ0n) is 12.1. The molecule has 0 radical (unpaired) electrons. The SMILES string of the molecule is CN(C)c1ncnc(Nc2ccccc2C(F)(F)F)c1[N+](=O)[O-]. The van der Waals surface area contributed by atoms with E-state index in [0.29, 0.717) is 0 Å². The summed E-state index contributed by atoms with van der Waals surface area (Å²) >= 11 is 0. The molecule has 1 aromatic heterocycles. The van der Waals surface area contributed by atoms with Gasteiger partial charge in [0.15, 0.2) is 0 Å². The fourth-order valence-corrected chi connectivity index (χ4v) is 1.92. The van der Waals surface area contributed by atoms with Crippen LogP contribution in [0.2, 0.25) is 0 Å². The van der Waals surface area contributed by atoms with Crippen LogP contribution in [0.5, 0.6) is 0 Å². The molecule has 0 aliphatic rings. The Morgan fingerprint density at radius 3 is 2.43 bits per heavy atom. The molecule has 1 N–H and O–H groups in total. The smallest absolute Gasteiger partial charge is 0.357 e. The van der Waals surface area contributed by atoms with Gasteiger partial charge in [-0.15, -0.1) is 0 Å². The van der Waals surface area contributed by atoms with Gasteiger partial charge in [-0.2, -0.15) is 13.2 Å². The Balaban J connectivity index is 2.54. The summed E-state index contributed by atoms with van der Waals surface area (Å²) in [5, 5.41) is 13.6. The first-order chi connectivity index (χ1) is 10.7. The van der Waals surface area contributed by atoms with Crippen LogP contribution in [-0.2, 0) is 6.18 Å². The lowest BCUT2D eigenvalue weighted by Crippen LogP contribution is -2.15. The Morgan fingerprint density at radius 1 is 1.22 bits per heavy atom. The maximum Gasteiger partial charge on any atom is 0.418 e. The number of halogens is 3. The minimum Gasteiger partial charge on any atom is -0.357 e. The number of hydrogen-bond donors (Lipinski definition) is 1. The summed E-state index contributed by atoms with van der Waals surface area (Å²) in [6.45, 7) is 0. The summed E-state index contributed by atoms with van der Waals surface area (Å²) in [7, 11) is 3.06. The molecule has 2 aromatic rings. The van der Waals surface area contributed by atoms with Crippen LogP contribution in [0, 0.1) is 10.1 Å². The number of rotatable bonds is 4. The van der Waals surface area contributed by atoms with Crippen LogP contribution < -0.4 is 10.2 Å². The Morgan fingerprint density at radius 2 is 1.87 bits per heavy atom. The summed E-state index contributed by atoms with van der Waals surface area (Å²) in [4.78, 5) is 19.4. The van der Waals surface area contributed by atoms with E-state index in [1.807, 2.05) is 0 Å². The van der Waals surface area contributed by atoms with Gasteiger partial charge in [0.25, 0.3) is 0 Å². The summed E-state index contributed by atoms with van der Waals surface area (Å²) in [5.41, 5.74) is -1.78. The van der Waals surface area contributed by atoms with Crippen LogP contribution in [-0.4, -0.2) is 29.0 Å². The first-order valence-corrected chi connectivity index (χ1v) is 6.31. The fraction of sp³-hybridized carbons (Fsp3) is 0.231. The summed E-state index contributed by atoms with van der Waals surface area (Å²) in [5.74, 6) is -0.331. The molecular weight excluding hydrogens is 315 g/mol. The second-order valence-corrected chi connectivity index (χ2v) is 4.71. The highest BCUT2D eigenvalue weighted by Gasteiger charge is 2.34. The molecule has 0 fully saturated rings. The van der Waals surface area contributed by atoms with Crippen molar-refractivity contribution in [2.75, 3.05) is 24.3 Å². The van der Waals surface area contributed by atoms with Crippen molar-refractivity contribution in [3.8, 4) is 0 Å².